The van der Waals surface area contributed by atoms with Crippen LogP contribution in [0.4, 0.5) is 4.39 Å². The molecule has 80 heavy (non-hydrogen) atoms. The number of aryl methyl sites for hydroxylation is 1. The smallest absolute Gasteiger partial charge is 0.343 e. The number of aliphatic hydroxyl groups is 1. The van der Waals surface area contributed by atoms with E-state index in [9.17, 15) is 53.1 Å². The Kier molecular flexibility index (Phi) is 18.8. The van der Waals surface area contributed by atoms with E-state index >= 15 is 4.39 Å². The molecule has 0 unspecified atom stereocenters. The van der Waals surface area contributed by atoms with Crippen LogP contribution in [0.15, 0.2) is 59.4 Å². The number of carbonyl (C=O) groups is 9. The lowest BCUT2D eigenvalue weighted by atomic mass is 9.81. The van der Waals surface area contributed by atoms with Crippen molar-refractivity contribution >= 4 is 76.4 Å². The van der Waals surface area contributed by atoms with E-state index in [1.807, 2.05) is 6.07 Å². The third-order valence-corrected chi connectivity index (χ3v) is 16.2. The summed E-state index contributed by atoms with van der Waals surface area (Å²) in [7, 11) is 0. The summed E-state index contributed by atoms with van der Waals surface area (Å²) in [6.45, 7) is 5.93. The Morgan fingerprint density at radius 1 is 0.938 bits per heavy atom. The van der Waals surface area contributed by atoms with E-state index in [0.29, 0.717) is 71.1 Å². The van der Waals surface area contributed by atoms with E-state index in [0.717, 1.165) is 16.0 Å². The van der Waals surface area contributed by atoms with Crippen LogP contribution in [-0.2, 0) is 84.2 Å². The van der Waals surface area contributed by atoms with E-state index in [4.69, 9.17) is 14.5 Å². The topological polar surface area (TPSA) is 267 Å². The van der Waals surface area contributed by atoms with Crippen molar-refractivity contribution in [1.29, 1.82) is 0 Å². The normalized spacial score (nSPS) is 18.1. The molecule has 0 fully saturated rings. The molecule has 1 aliphatic carbocycles. The number of esters is 1. The average Bonchev–Trinajstić information content (AvgIpc) is 3.97. The zero-order chi connectivity index (χ0) is 57.6. The molecule has 0 saturated carbocycles. The highest BCUT2D eigenvalue weighted by atomic mass is 32.1. The first-order valence-electron chi connectivity index (χ1n) is 27.3. The molecule has 5 amide bonds. The van der Waals surface area contributed by atoms with Crippen molar-refractivity contribution in [3.63, 3.8) is 0 Å². The van der Waals surface area contributed by atoms with Gasteiger partial charge >= 0.3 is 5.97 Å². The molecule has 4 aliphatic rings. The van der Waals surface area contributed by atoms with Crippen molar-refractivity contribution in [1.82, 2.24) is 30.4 Å². The van der Waals surface area contributed by atoms with Crippen LogP contribution in [0.2, 0.25) is 0 Å². The number of thiol groups is 1. The van der Waals surface area contributed by atoms with Gasteiger partial charge in [0, 0.05) is 84.5 Å². The van der Waals surface area contributed by atoms with Crippen LogP contribution in [0.3, 0.4) is 0 Å². The Bertz CT molecular complexity index is 3230. The van der Waals surface area contributed by atoms with Gasteiger partial charge in [-0.2, -0.15) is 12.6 Å². The van der Waals surface area contributed by atoms with Crippen LogP contribution >= 0.6 is 12.6 Å². The first kappa shape index (κ1) is 58.9. The number of amides is 5. The Labute approximate surface area is 467 Å². The third-order valence-electron chi connectivity index (χ3n) is 15.8. The van der Waals surface area contributed by atoms with Crippen molar-refractivity contribution in [2.45, 2.75) is 129 Å². The minimum absolute atomic E-state index is 0.0455. The molecule has 4 N–H and O–H groups in total. The first-order chi connectivity index (χ1) is 38.2. The molecule has 0 spiro atoms. The van der Waals surface area contributed by atoms with Gasteiger partial charge in [-0.1, -0.05) is 57.5 Å². The second-order valence-electron chi connectivity index (χ2n) is 21.4. The molecular weight excluding hydrogens is 1050 g/mol. The standard InChI is InChI=1S/C59H67FN6O13S/c1-5-59(77)42-25-47-54-40(28-66(47)57(75)41(42)29-79-58(59)76)53-44(16-15-38-33(4)43(60)26-45(63-54)52(38)53)62-49(70)30-78-21-19-37(68)27-61-55(73)35(22-34-12-8-6-9-13-34)23-48(69)46(31-80)64-56(74)39(32(2)3)24-36(67)14-10-7-11-20-65-50(71)17-18-51(65)72/h6,8-9,12-13,17-18,25-26,32,35,39,44,46,77,80H,5,7,10-11,14-16,19-24,27-31H2,1-4H3,(H,61,73)(H,62,70)(H,64,74)/t35-,39+,44+,46+,59+/m1/s1. The van der Waals surface area contributed by atoms with Gasteiger partial charge < -0.3 is 35.1 Å². The van der Waals surface area contributed by atoms with E-state index in [-0.39, 0.29) is 112 Å². The van der Waals surface area contributed by atoms with Crippen LogP contribution in [0.1, 0.15) is 124 Å². The number of nitrogens with one attached hydrogen (secondary N) is 3. The SMILES string of the molecule is CC[C@@]1(O)C(=O)OCc2c1cc1n(c2=O)Cc2c-1nc1cc(F)c(C)c3c1c2[C@@H](NC(=O)COCCC(=O)CNC(=O)[C@@H](CC(=O)[C@H](CS)NC(=O)[C@@H](CC(=O)CCCCCN1C(=O)C=CC1=O)C(C)C)Cc1ccccc1)CC3. The maximum absolute atomic E-state index is 15.4. The number of pyridine rings is 2. The molecule has 8 rings (SSSR count). The lowest BCUT2D eigenvalue weighted by molar-refractivity contribution is -0.172. The van der Waals surface area contributed by atoms with E-state index in [1.54, 1.807) is 58.0 Å². The number of aromatic nitrogens is 2. The van der Waals surface area contributed by atoms with Gasteiger partial charge in [0.05, 0.1) is 54.2 Å². The Morgan fingerprint density at radius 2 is 1.68 bits per heavy atom. The number of nitrogens with zero attached hydrogens (tertiary/aromatic N) is 3. The molecule has 4 aromatic rings. The Morgan fingerprint density at radius 3 is 2.38 bits per heavy atom. The lowest BCUT2D eigenvalue weighted by Crippen LogP contribution is -2.47. The summed E-state index contributed by atoms with van der Waals surface area (Å²) in [6, 6.07) is 10.2. The number of imide groups is 1. The quantitative estimate of drug-likeness (QED) is 0.0207. The zero-order valence-electron chi connectivity index (χ0n) is 45.3. The fourth-order valence-corrected chi connectivity index (χ4v) is 11.4. The van der Waals surface area contributed by atoms with Gasteiger partial charge in [0.1, 0.15) is 24.8 Å². The molecular formula is C59H67FN6O13S. The maximum atomic E-state index is 15.4. The number of ketones is 3. The van der Waals surface area contributed by atoms with Crippen molar-refractivity contribution < 1.29 is 62.1 Å². The number of Topliss-reactive ketones (excluding diaryl/α,β-unsaturated/α-hetero) is 3. The highest BCUT2D eigenvalue weighted by Crippen LogP contribution is 2.46. The summed E-state index contributed by atoms with van der Waals surface area (Å²) in [4.78, 5) is 137. The average molecular weight is 1120 g/mol. The number of unbranched alkanes of at least 4 members (excludes halogenated alkanes) is 2. The predicted octanol–water partition coefficient (Wildman–Crippen LogP) is 4.67. The molecule has 0 saturated heterocycles. The minimum Gasteiger partial charge on any atom is -0.458 e. The third kappa shape index (κ3) is 12.7. The van der Waals surface area contributed by atoms with Gasteiger partial charge in [0.25, 0.3) is 17.4 Å². The van der Waals surface area contributed by atoms with Crippen LogP contribution in [0.25, 0.3) is 22.3 Å². The monoisotopic (exact) mass is 1120 g/mol. The molecule has 5 atom stereocenters. The maximum Gasteiger partial charge on any atom is 0.343 e. The molecule has 424 valence electrons. The number of ether oxygens (including phenoxy) is 2. The number of fused-ring (bicyclic) bond motifs is 5. The van der Waals surface area contributed by atoms with Crippen LogP contribution < -0.4 is 21.5 Å². The van der Waals surface area contributed by atoms with Gasteiger partial charge in [-0.15, -0.1) is 0 Å². The molecule has 2 aromatic heterocycles. The van der Waals surface area contributed by atoms with E-state index in [2.05, 4.69) is 28.6 Å². The fourth-order valence-electron chi connectivity index (χ4n) is 11.2. The van der Waals surface area contributed by atoms with Gasteiger partial charge in [0.2, 0.25) is 17.7 Å². The van der Waals surface area contributed by atoms with Gasteiger partial charge in [-0.25, -0.2) is 14.2 Å². The summed E-state index contributed by atoms with van der Waals surface area (Å²) in [5, 5.41) is 20.5. The number of cyclic esters (lactones) is 1. The summed E-state index contributed by atoms with van der Waals surface area (Å²) in [5.74, 6) is -6.60. The number of benzene rings is 2. The molecule has 0 bridgehead atoms. The number of carbonyl (C=O) groups excluding carboxylic acids is 9. The van der Waals surface area contributed by atoms with Crippen LogP contribution in [0, 0.1) is 30.5 Å². The number of hydrogen-bond acceptors (Lipinski definition) is 15. The van der Waals surface area contributed by atoms with Crippen molar-refractivity contribution in [3.05, 3.63) is 110 Å². The second kappa shape index (κ2) is 25.5. The summed E-state index contributed by atoms with van der Waals surface area (Å²) in [5.41, 5.74) is 2.03. The Hall–Kier alpha value is -7.23. The lowest BCUT2D eigenvalue weighted by Gasteiger charge is -2.31. The highest BCUT2D eigenvalue weighted by molar-refractivity contribution is 7.80. The summed E-state index contributed by atoms with van der Waals surface area (Å²) < 4.78 is 27.8. The molecule has 2 aromatic carbocycles. The highest BCUT2D eigenvalue weighted by Gasteiger charge is 2.46. The van der Waals surface area contributed by atoms with Gasteiger partial charge in [-0.3, -0.25) is 48.1 Å². The van der Waals surface area contributed by atoms with E-state index < -0.39 is 82.8 Å². The van der Waals surface area contributed by atoms with Gasteiger partial charge in [0.15, 0.2) is 17.2 Å². The molecule has 21 heteroatoms. The van der Waals surface area contributed by atoms with E-state index in [1.165, 1.54) is 22.8 Å². The molecule has 19 nitrogen and oxygen atoms in total. The largest absolute Gasteiger partial charge is 0.458 e. The summed E-state index contributed by atoms with van der Waals surface area (Å²) in [6.07, 6.45) is 4.70. The Balaban J connectivity index is 0.839. The number of halogens is 1. The van der Waals surface area contributed by atoms with Crippen molar-refractivity contribution in [2.24, 2.45) is 17.8 Å². The molecule has 0 radical (unpaired) electrons. The predicted molar refractivity (Wildman–Crippen MR) is 293 cm³/mol. The van der Waals surface area contributed by atoms with Crippen molar-refractivity contribution in [2.75, 3.05) is 32.1 Å². The van der Waals surface area contributed by atoms with Crippen LogP contribution in [-0.4, -0.2) is 111 Å². The second-order valence-corrected chi connectivity index (χ2v) is 21.8. The van der Waals surface area contributed by atoms with Gasteiger partial charge in [-0.05, 0) is 79.7 Å². The van der Waals surface area contributed by atoms with Crippen molar-refractivity contribution in [3.8, 4) is 11.4 Å². The zero-order valence-corrected chi connectivity index (χ0v) is 46.2. The fraction of sp³-hybridized carbons (Fsp3) is 0.475. The minimum atomic E-state index is -2.05. The first-order valence-corrected chi connectivity index (χ1v) is 27.9. The van der Waals surface area contributed by atoms with Crippen LogP contribution in [0.5, 0.6) is 0 Å². The molecule has 3 aliphatic heterocycles. The summed E-state index contributed by atoms with van der Waals surface area (Å²) >= 11 is 4.35. The number of rotatable bonds is 27. The molecule has 5 heterocycles. The number of hydrogen-bond donors (Lipinski definition) is 5.